The van der Waals surface area contributed by atoms with Gasteiger partial charge >= 0.3 is 0 Å². The molecule has 2 aliphatic rings. The fourth-order valence-corrected chi connectivity index (χ4v) is 3.48. The molecule has 0 radical (unpaired) electrons. The largest absolute Gasteiger partial charge is 0.355 e. The van der Waals surface area contributed by atoms with Gasteiger partial charge in [-0.25, -0.2) is 0 Å². The van der Waals surface area contributed by atoms with Gasteiger partial charge in [0.1, 0.15) is 0 Å². The molecular weight excluding hydrogens is 410 g/mol. The number of amides is 3. The van der Waals surface area contributed by atoms with Gasteiger partial charge in [-0.2, -0.15) is 0 Å². The number of carbonyl (C=O) groups excluding carboxylic acids is 3. The van der Waals surface area contributed by atoms with Crippen molar-refractivity contribution in [3.63, 3.8) is 0 Å². The van der Waals surface area contributed by atoms with Gasteiger partial charge in [0.05, 0.1) is 11.1 Å². The molecule has 3 rings (SSSR count). The molecule has 25 heavy (non-hydrogen) atoms. The van der Waals surface area contributed by atoms with Crippen LogP contribution < -0.4 is 10.6 Å². The molecule has 6 nitrogen and oxygen atoms in total. The molecule has 1 fully saturated rings. The zero-order valence-electron chi connectivity index (χ0n) is 13.7. The molecule has 1 saturated heterocycles. The van der Waals surface area contributed by atoms with E-state index in [-0.39, 0.29) is 36.7 Å². The molecule has 136 valence electrons. The number of nitrogens with one attached hydrogen (secondary N) is 2. The molecule has 1 unspecified atom stereocenters. The summed E-state index contributed by atoms with van der Waals surface area (Å²) in [5.74, 6) is -0.604. The zero-order valence-corrected chi connectivity index (χ0v) is 16.1. The van der Waals surface area contributed by atoms with E-state index in [0.29, 0.717) is 36.6 Å². The Bertz CT molecular complexity index is 677. The molecule has 2 heterocycles. The van der Waals surface area contributed by atoms with Crippen LogP contribution in [0.15, 0.2) is 22.7 Å². The molecule has 8 heteroatoms. The monoisotopic (exact) mass is 429 g/mol. The summed E-state index contributed by atoms with van der Waals surface area (Å²) in [7, 11) is 0. The molecule has 1 aromatic carbocycles. The Kier molecular flexibility index (Phi) is 6.98. The van der Waals surface area contributed by atoms with E-state index in [9.17, 15) is 14.4 Å². The maximum absolute atomic E-state index is 12.3. The van der Waals surface area contributed by atoms with Crippen LogP contribution in [-0.4, -0.2) is 48.3 Å². The van der Waals surface area contributed by atoms with Crippen LogP contribution >= 0.6 is 28.3 Å². The topological polar surface area (TPSA) is 78.5 Å². The average molecular weight is 431 g/mol. The van der Waals surface area contributed by atoms with E-state index in [2.05, 4.69) is 26.6 Å². The highest BCUT2D eigenvalue weighted by molar-refractivity contribution is 9.10. The fourth-order valence-electron chi connectivity index (χ4n) is 3.12. The molecule has 1 aromatic rings. The molecular formula is C17H21BrClN3O3. The summed E-state index contributed by atoms with van der Waals surface area (Å²) in [4.78, 5) is 37.7. The van der Waals surface area contributed by atoms with E-state index in [1.165, 1.54) is 4.90 Å². The van der Waals surface area contributed by atoms with Gasteiger partial charge in [-0.05, 0) is 44.0 Å². The molecule has 2 N–H and O–H groups in total. The molecule has 0 bridgehead atoms. The first-order chi connectivity index (χ1) is 11.6. The van der Waals surface area contributed by atoms with E-state index < -0.39 is 0 Å². The number of halogens is 2. The second-order valence-electron chi connectivity index (χ2n) is 6.15. The van der Waals surface area contributed by atoms with Gasteiger partial charge in [-0.3, -0.25) is 19.3 Å². The van der Waals surface area contributed by atoms with Crippen molar-refractivity contribution < 1.29 is 14.4 Å². The van der Waals surface area contributed by atoms with Crippen molar-refractivity contribution in [2.24, 2.45) is 0 Å². The quantitative estimate of drug-likeness (QED) is 0.678. The van der Waals surface area contributed by atoms with E-state index in [0.717, 1.165) is 23.9 Å². The second kappa shape index (κ2) is 8.78. The van der Waals surface area contributed by atoms with Crippen molar-refractivity contribution in [1.29, 1.82) is 0 Å². The van der Waals surface area contributed by atoms with Gasteiger partial charge in [-0.1, -0.05) is 15.9 Å². The van der Waals surface area contributed by atoms with Crippen LogP contribution in [0.1, 0.15) is 46.4 Å². The van der Waals surface area contributed by atoms with Crippen molar-refractivity contribution in [3.05, 3.63) is 33.8 Å². The maximum Gasteiger partial charge on any atom is 0.261 e. The minimum atomic E-state index is -0.285. The predicted octanol–water partition coefficient (Wildman–Crippen LogP) is 2.12. The maximum atomic E-state index is 12.3. The summed E-state index contributed by atoms with van der Waals surface area (Å²) < 4.78 is 0.768. The highest BCUT2D eigenvalue weighted by Crippen LogP contribution is 2.26. The van der Waals surface area contributed by atoms with Crippen LogP contribution in [0.5, 0.6) is 0 Å². The number of benzene rings is 1. The minimum Gasteiger partial charge on any atom is -0.355 e. The first-order valence-electron chi connectivity index (χ1n) is 8.22. The van der Waals surface area contributed by atoms with Crippen LogP contribution in [-0.2, 0) is 4.79 Å². The second-order valence-corrected chi connectivity index (χ2v) is 7.07. The average Bonchev–Trinajstić information content (AvgIpc) is 3.16. The number of imide groups is 1. The third kappa shape index (κ3) is 4.59. The SMILES string of the molecule is Cl.O=C(CCCN1C(=O)c2ccc(Br)cc2C1=O)NCC1CCCN1. The van der Waals surface area contributed by atoms with Gasteiger partial charge in [0.2, 0.25) is 5.91 Å². The first kappa shape index (κ1) is 19.9. The van der Waals surface area contributed by atoms with Crippen LogP contribution in [0.25, 0.3) is 0 Å². The third-order valence-electron chi connectivity index (χ3n) is 4.43. The van der Waals surface area contributed by atoms with Crippen molar-refractivity contribution in [3.8, 4) is 0 Å². The summed E-state index contributed by atoms with van der Waals surface area (Å²) in [6, 6.07) is 5.43. The van der Waals surface area contributed by atoms with Gasteiger partial charge in [-0.15, -0.1) is 12.4 Å². The Morgan fingerprint density at radius 1 is 1.28 bits per heavy atom. The van der Waals surface area contributed by atoms with Gasteiger partial charge < -0.3 is 10.6 Å². The normalized spacial score (nSPS) is 18.9. The zero-order chi connectivity index (χ0) is 17.1. The molecule has 0 spiro atoms. The lowest BCUT2D eigenvalue weighted by atomic mass is 10.1. The number of fused-ring (bicyclic) bond motifs is 1. The molecule has 1 atom stereocenters. The van der Waals surface area contributed by atoms with Crippen molar-refractivity contribution >= 4 is 46.1 Å². The lowest BCUT2D eigenvalue weighted by Crippen LogP contribution is -2.37. The minimum absolute atomic E-state index is 0. The van der Waals surface area contributed by atoms with Gasteiger partial charge in [0.25, 0.3) is 11.8 Å². The van der Waals surface area contributed by atoms with Gasteiger partial charge in [0.15, 0.2) is 0 Å². The summed E-state index contributed by atoms with van der Waals surface area (Å²) >= 11 is 3.31. The van der Waals surface area contributed by atoms with Crippen LogP contribution in [0, 0.1) is 0 Å². The number of hydrogen-bond acceptors (Lipinski definition) is 4. The molecule has 0 aliphatic carbocycles. The Morgan fingerprint density at radius 2 is 2.04 bits per heavy atom. The molecule has 2 aliphatic heterocycles. The number of rotatable bonds is 6. The van der Waals surface area contributed by atoms with Crippen molar-refractivity contribution in [1.82, 2.24) is 15.5 Å². The Labute approximate surface area is 161 Å². The summed E-state index contributed by atoms with van der Waals surface area (Å²) in [5, 5.41) is 6.22. The lowest BCUT2D eigenvalue weighted by Gasteiger charge is -2.14. The molecule has 3 amide bonds. The predicted molar refractivity (Wildman–Crippen MR) is 100 cm³/mol. The third-order valence-corrected chi connectivity index (χ3v) is 4.92. The molecule has 0 saturated carbocycles. The summed E-state index contributed by atoms with van der Waals surface area (Å²) in [6.07, 6.45) is 3.02. The summed E-state index contributed by atoms with van der Waals surface area (Å²) in [6.45, 7) is 1.91. The van der Waals surface area contributed by atoms with Crippen molar-refractivity contribution in [2.45, 2.75) is 31.7 Å². The van der Waals surface area contributed by atoms with Crippen LogP contribution in [0.4, 0.5) is 0 Å². The number of carbonyl (C=O) groups is 3. The van der Waals surface area contributed by atoms with Gasteiger partial charge in [0, 0.05) is 30.0 Å². The summed E-state index contributed by atoms with van der Waals surface area (Å²) in [5.41, 5.74) is 0.853. The highest BCUT2D eigenvalue weighted by Gasteiger charge is 2.35. The van der Waals surface area contributed by atoms with Crippen molar-refractivity contribution in [2.75, 3.05) is 19.6 Å². The van der Waals surface area contributed by atoms with Crippen LogP contribution in [0.3, 0.4) is 0 Å². The Balaban J connectivity index is 0.00000225. The smallest absolute Gasteiger partial charge is 0.261 e. The van der Waals surface area contributed by atoms with E-state index in [1.54, 1.807) is 18.2 Å². The number of hydrogen-bond donors (Lipinski definition) is 2. The van der Waals surface area contributed by atoms with E-state index in [1.807, 2.05) is 0 Å². The lowest BCUT2D eigenvalue weighted by molar-refractivity contribution is -0.121. The first-order valence-corrected chi connectivity index (χ1v) is 9.01. The Morgan fingerprint density at radius 3 is 2.76 bits per heavy atom. The number of nitrogens with zero attached hydrogens (tertiary/aromatic N) is 1. The van der Waals surface area contributed by atoms with E-state index >= 15 is 0 Å². The molecule has 0 aromatic heterocycles. The Hall–Kier alpha value is -1.44. The highest BCUT2D eigenvalue weighted by atomic mass is 79.9. The van der Waals surface area contributed by atoms with E-state index in [4.69, 9.17) is 0 Å². The fraction of sp³-hybridized carbons (Fsp3) is 0.471. The van der Waals surface area contributed by atoms with Crippen LogP contribution in [0.2, 0.25) is 0 Å². The standard InChI is InChI=1S/C17H20BrN3O3.ClH/c18-11-5-6-13-14(9-11)17(24)21(16(13)23)8-2-4-15(22)20-10-12-3-1-7-19-12;/h5-6,9,12,19H,1-4,7-8,10H2,(H,20,22);1H.